The van der Waals surface area contributed by atoms with Gasteiger partial charge in [-0.3, -0.25) is 4.79 Å². The lowest BCUT2D eigenvalue weighted by Gasteiger charge is -2.12. The number of carbonyl (C=O) groups excluding carboxylic acids is 1. The summed E-state index contributed by atoms with van der Waals surface area (Å²) in [6, 6.07) is 0.0395. The van der Waals surface area contributed by atoms with Crippen molar-refractivity contribution in [3.63, 3.8) is 0 Å². The molecule has 0 aliphatic carbocycles. The lowest BCUT2D eigenvalue weighted by molar-refractivity contribution is -0.118. The Morgan fingerprint density at radius 1 is 1.62 bits per heavy atom. The molecular weight excluding hydrogens is 166 g/mol. The van der Waals surface area contributed by atoms with Crippen LogP contribution in [0.25, 0.3) is 0 Å². The molecule has 0 aromatic carbocycles. The van der Waals surface area contributed by atoms with Gasteiger partial charge in [-0.25, -0.2) is 0 Å². The van der Waals surface area contributed by atoms with E-state index >= 15 is 0 Å². The molecule has 2 N–H and O–H groups in total. The molecule has 0 aliphatic heterocycles. The molecule has 3 heteroatoms. The lowest BCUT2D eigenvalue weighted by atomic mass is 10.2. The van der Waals surface area contributed by atoms with E-state index in [1.54, 1.807) is 6.92 Å². The van der Waals surface area contributed by atoms with Crippen LogP contribution in [0.15, 0.2) is 11.6 Å². The second kappa shape index (κ2) is 6.66. The molecule has 0 rings (SSSR count). The third-order valence-corrected chi connectivity index (χ3v) is 1.81. The zero-order valence-electron chi connectivity index (χ0n) is 8.63. The minimum Gasteiger partial charge on any atom is -0.396 e. The molecular formula is C10H19NO2. The molecule has 0 saturated heterocycles. The van der Waals surface area contributed by atoms with Crippen LogP contribution in [0.4, 0.5) is 0 Å². The van der Waals surface area contributed by atoms with E-state index < -0.39 is 0 Å². The first-order valence-electron chi connectivity index (χ1n) is 4.70. The van der Waals surface area contributed by atoms with Gasteiger partial charge in [0, 0.05) is 18.2 Å². The predicted molar refractivity (Wildman–Crippen MR) is 53.4 cm³/mol. The van der Waals surface area contributed by atoms with Crippen LogP contribution in [-0.4, -0.2) is 23.7 Å². The van der Waals surface area contributed by atoms with Crippen LogP contribution in [0.3, 0.4) is 0 Å². The van der Waals surface area contributed by atoms with E-state index in [-0.39, 0.29) is 18.6 Å². The number of hydrogen-bond donors (Lipinski definition) is 2. The van der Waals surface area contributed by atoms with Crippen LogP contribution in [-0.2, 0) is 4.79 Å². The van der Waals surface area contributed by atoms with Crippen LogP contribution in [0.5, 0.6) is 0 Å². The zero-order valence-corrected chi connectivity index (χ0v) is 8.63. The zero-order chi connectivity index (χ0) is 10.3. The molecule has 0 radical (unpaired) electrons. The molecule has 3 nitrogen and oxygen atoms in total. The van der Waals surface area contributed by atoms with Crippen LogP contribution in [0.1, 0.15) is 33.6 Å². The summed E-state index contributed by atoms with van der Waals surface area (Å²) in [6.07, 6.45) is 3.36. The summed E-state index contributed by atoms with van der Waals surface area (Å²) in [4.78, 5) is 11.4. The Morgan fingerprint density at radius 3 is 2.69 bits per heavy atom. The highest BCUT2D eigenvalue weighted by molar-refractivity contribution is 5.92. The van der Waals surface area contributed by atoms with Gasteiger partial charge < -0.3 is 10.4 Å². The van der Waals surface area contributed by atoms with E-state index in [1.807, 2.05) is 19.9 Å². The molecule has 1 amide bonds. The van der Waals surface area contributed by atoms with Gasteiger partial charge in [-0.1, -0.05) is 13.0 Å². The smallest absolute Gasteiger partial charge is 0.246 e. The maximum Gasteiger partial charge on any atom is 0.246 e. The average Bonchev–Trinajstić information content (AvgIpc) is 2.05. The number of carbonyl (C=O) groups is 1. The predicted octanol–water partition coefficient (Wildman–Crippen LogP) is 1.23. The summed E-state index contributed by atoms with van der Waals surface area (Å²) in [5, 5.41) is 11.4. The second-order valence-electron chi connectivity index (χ2n) is 3.18. The number of amides is 1. The van der Waals surface area contributed by atoms with E-state index in [0.29, 0.717) is 6.42 Å². The van der Waals surface area contributed by atoms with Crippen LogP contribution in [0, 0.1) is 0 Å². The van der Waals surface area contributed by atoms with Gasteiger partial charge in [0.1, 0.15) is 0 Å². The molecule has 0 heterocycles. The molecule has 0 saturated carbocycles. The molecule has 0 fully saturated rings. The first-order chi connectivity index (χ1) is 6.11. The molecule has 13 heavy (non-hydrogen) atoms. The molecule has 1 unspecified atom stereocenters. The van der Waals surface area contributed by atoms with Crippen molar-refractivity contribution >= 4 is 5.91 Å². The quantitative estimate of drug-likeness (QED) is 0.633. The fourth-order valence-electron chi connectivity index (χ4n) is 1.00. The Labute approximate surface area is 79.8 Å². The number of allylic oxidation sites excluding steroid dienone is 1. The molecule has 76 valence electrons. The maximum absolute atomic E-state index is 11.4. The summed E-state index contributed by atoms with van der Waals surface area (Å²) < 4.78 is 0. The highest BCUT2D eigenvalue weighted by Crippen LogP contribution is 1.97. The third-order valence-electron chi connectivity index (χ3n) is 1.81. The molecule has 0 spiro atoms. The van der Waals surface area contributed by atoms with Gasteiger partial charge in [0.25, 0.3) is 0 Å². The number of rotatable bonds is 5. The normalized spacial score (nSPS) is 14.0. The van der Waals surface area contributed by atoms with Crippen LogP contribution in [0.2, 0.25) is 0 Å². The van der Waals surface area contributed by atoms with Gasteiger partial charge in [-0.2, -0.15) is 0 Å². The van der Waals surface area contributed by atoms with Gasteiger partial charge in [-0.15, -0.1) is 0 Å². The van der Waals surface area contributed by atoms with E-state index in [0.717, 1.165) is 12.0 Å². The van der Waals surface area contributed by atoms with Crippen molar-refractivity contribution < 1.29 is 9.90 Å². The van der Waals surface area contributed by atoms with Gasteiger partial charge >= 0.3 is 0 Å². The Hall–Kier alpha value is -0.830. The van der Waals surface area contributed by atoms with Crippen LogP contribution < -0.4 is 5.32 Å². The fraction of sp³-hybridized carbons (Fsp3) is 0.700. The van der Waals surface area contributed by atoms with Crippen molar-refractivity contribution in [2.75, 3.05) is 6.61 Å². The third kappa shape index (κ3) is 5.42. The van der Waals surface area contributed by atoms with Crippen molar-refractivity contribution in [2.45, 2.75) is 39.7 Å². The number of aliphatic hydroxyl groups excluding tert-OH is 1. The number of nitrogens with one attached hydrogen (secondary N) is 1. The van der Waals surface area contributed by atoms with Crippen molar-refractivity contribution in [2.24, 2.45) is 0 Å². The first kappa shape index (κ1) is 12.2. The van der Waals surface area contributed by atoms with Crippen molar-refractivity contribution in [1.82, 2.24) is 5.32 Å². The van der Waals surface area contributed by atoms with Crippen molar-refractivity contribution in [3.8, 4) is 0 Å². The van der Waals surface area contributed by atoms with Crippen molar-refractivity contribution in [3.05, 3.63) is 11.6 Å². The van der Waals surface area contributed by atoms with E-state index in [1.165, 1.54) is 0 Å². The van der Waals surface area contributed by atoms with Gasteiger partial charge in [0.2, 0.25) is 5.91 Å². The average molecular weight is 185 g/mol. The highest BCUT2D eigenvalue weighted by Gasteiger charge is 2.07. The van der Waals surface area contributed by atoms with E-state index in [9.17, 15) is 4.79 Å². The highest BCUT2D eigenvalue weighted by atomic mass is 16.3. The summed E-state index contributed by atoms with van der Waals surface area (Å²) in [5.41, 5.74) is 0.743. The summed E-state index contributed by atoms with van der Waals surface area (Å²) in [6.45, 7) is 5.78. The molecule has 0 bridgehead atoms. The Morgan fingerprint density at radius 2 is 2.23 bits per heavy atom. The summed E-state index contributed by atoms with van der Waals surface area (Å²) >= 11 is 0. The minimum atomic E-state index is -0.0391. The van der Waals surface area contributed by atoms with Gasteiger partial charge in [0.15, 0.2) is 0 Å². The fourth-order valence-corrected chi connectivity index (χ4v) is 1.00. The van der Waals surface area contributed by atoms with Crippen molar-refractivity contribution in [1.29, 1.82) is 0 Å². The van der Waals surface area contributed by atoms with E-state index in [2.05, 4.69) is 5.32 Å². The number of hydrogen-bond acceptors (Lipinski definition) is 2. The molecule has 0 aliphatic rings. The topological polar surface area (TPSA) is 49.3 Å². The first-order valence-corrected chi connectivity index (χ1v) is 4.70. The standard InChI is InChI=1S/C10H19NO2/c1-4-5-8(2)10(13)11-9(3)6-7-12/h5,9,12H,4,6-7H2,1-3H3,(H,11,13)/b8-5-. The summed E-state index contributed by atoms with van der Waals surface area (Å²) in [5.74, 6) is -0.0391. The molecule has 1 atom stereocenters. The SMILES string of the molecule is CC/C=C(/C)C(=O)NC(C)CCO. The Bertz CT molecular complexity index is 187. The largest absolute Gasteiger partial charge is 0.396 e. The Balaban J connectivity index is 3.92. The van der Waals surface area contributed by atoms with Gasteiger partial charge in [-0.05, 0) is 26.7 Å². The second-order valence-corrected chi connectivity index (χ2v) is 3.18. The lowest BCUT2D eigenvalue weighted by Crippen LogP contribution is -2.33. The summed E-state index contributed by atoms with van der Waals surface area (Å²) in [7, 11) is 0. The van der Waals surface area contributed by atoms with Crippen LogP contribution >= 0.6 is 0 Å². The molecule has 0 aromatic rings. The number of aliphatic hydroxyl groups is 1. The van der Waals surface area contributed by atoms with E-state index in [4.69, 9.17) is 5.11 Å². The van der Waals surface area contributed by atoms with Gasteiger partial charge in [0.05, 0.1) is 0 Å². The maximum atomic E-state index is 11.4. The molecule has 0 aromatic heterocycles. The minimum absolute atomic E-state index is 0.0391. The monoisotopic (exact) mass is 185 g/mol. The Kier molecular flexibility index (Phi) is 6.24.